The normalized spacial score (nSPS) is 7.43. The summed E-state index contributed by atoms with van der Waals surface area (Å²) in [5.74, 6) is 0. The minimum atomic E-state index is 0. The molecule has 1 aromatic heterocycles. The highest BCUT2D eigenvalue weighted by Crippen LogP contribution is 1.99. The van der Waals surface area contributed by atoms with Crippen molar-refractivity contribution in [2.45, 2.75) is 0 Å². The van der Waals surface area contributed by atoms with E-state index in [9.17, 15) is 0 Å². The first kappa shape index (κ1) is 6.91. The fraction of sp³-hybridized carbons (Fsp3) is 0. The van der Waals surface area contributed by atoms with Crippen LogP contribution in [0, 0.1) is 0 Å². The molecule has 1 rings (SSSR count). The molecule has 0 saturated carbocycles. The highest BCUT2D eigenvalue weighted by atomic mass is 79.9. The Morgan fingerprint density at radius 2 is 2.43 bits per heavy atom. The summed E-state index contributed by atoms with van der Waals surface area (Å²) in [6.45, 7) is 0. The summed E-state index contributed by atoms with van der Waals surface area (Å²) in [6, 6.07) is 0. The van der Waals surface area contributed by atoms with Crippen molar-refractivity contribution in [2.24, 2.45) is 0 Å². The average molecular weight is 181 g/mol. The second-order valence-electron chi connectivity index (χ2n) is 0.958. The molecule has 0 aliphatic heterocycles. The molecule has 2 N–H and O–H groups in total. The van der Waals surface area contributed by atoms with Gasteiger partial charge >= 0.3 is 0 Å². The van der Waals surface area contributed by atoms with Gasteiger partial charge in [0.15, 0.2) is 0 Å². The lowest BCUT2D eigenvalue weighted by atomic mass is 10.6. The van der Waals surface area contributed by atoms with Gasteiger partial charge in [-0.05, 0) is 11.5 Å². The molecular formula is C3H5BrN2S. The van der Waals surface area contributed by atoms with Gasteiger partial charge < -0.3 is 5.73 Å². The van der Waals surface area contributed by atoms with Crippen LogP contribution in [0.1, 0.15) is 0 Å². The lowest BCUT2D eigenvalue weighted by Crippen LogP contribution is -1.75. The Kier molecular flexibility index (Phi) is 2.95. The number of hydrogen-bond acceptors (Lipinski definition) is 3. The molecule has 0 aromatic carbocycles. The Morgan fingerprint density at radius 3 is 2.57 bits per heavy atom. The largest absolute Gasteiger partial charge is 0.397 e. The number of nitrogens with two attached hydrogens (primary N) is 1. The van der Waals surface area contributed by atoms with Crippen LogP contribution >= 0.6 is 28.5 Å². The van der Waals surface area contributed by atoms with Crippen molar-refractivity contribution >= 4 is 34.2 Å². The topological polar surface area (TPSA) is 38.9 Å². The molecule has 0 saturated heterocycles. The third kappa shape index (κ3) is 1.89. The SMILES string of the molecule is Br.Nc1cnsc1. The Labute approximate surface area is 56.3 Å². The van der Waals surface area contributed by atoms with Gasteiger partial charge in [0, 0.05) is 5.38 Å². The van der Waals surface area contributed by atoms with Crippen molar-refractivity contribution < 1.29 is 0 Å². The molecule has 0 spiro atoms. The highest BCUT2D eigenvalue weighted by Gasteiger charge is 1.76. The molecule has 0 amide bonds. The molecule has 0 bridgehead atoms. The summed E-state index contributed by atoms with van der Waals surface area (Å²) in [7, 11) is 0. The highest BCUT2D eigenvalue weighted by molar-refractivity contribution is 8.93. The predicted molar refractivity (Wildman–Crippen MR) is 36.8 cm³/mol. The van der Waals surface area contributed by atoms with Gasteiger partial charge in [-0.15, -0.1) is 17.0 Å². The summed E-state index contributed by atoms with van der Waals surface area (Å²) >= 11 is 1.36. The first-order valence-electron chi connectivity index (χ1n) is 1.54. The van der Waals surface area contributed by atoms with E-state index in [2.05, 4.69) is 4.37 Å². The summed E-state index contributed by atoms with van der Waals surface area (Å²) in [5.41, 5.74) is 5.98. The molecule has 1 aromatic rings. The van der Waals surface area contributed by atoms with E-state index in [1.165, 1.54) is 11.5 Å². The van der Waals surface area contributed by atoms with E-state index in [4.69, 9.17) is 5.73 Å². The summed E-state index contributed by atoms with van der Waals surface area (Å²) in [6.07, 6.45) is 1.63. The zero-order chi connectivity index (χ0) is 4.41. The van der Waals surface area contributed by atoms with Crippen molar-refractivity contribution in [3.63, 3.8) is 0 Å². The van der Waals surface area contributed by atoms with Crippen LogP contribution in [0.2, 0.25) is 0 Å². The van der Waals surface area contributed by atoms with E-state index in [0.29, 0.717) is 0 Å². The predicted octanol–water partition coefficient (Wildman–Crippen LogP) is 1.30. The Hall–Kier alpha value is -0.0900. The minimum Gasteiger partial charge on any atom is -0.397 e. The zero-order valence-electron chi connectivity index (χ0n) is 3.50. The summed E-state index contributed by atoms with van der Waals surface area (Å²) in [5, 5.41) is 1.79. The average Bonchev–Trinajstić information content (AvgIpc) is 1.86. The molecule has 40 valence electrons. The number of anilines is 1. The van der Waals surface area contributed by atoms with Crippen LogP contribution < -0.4 is 5.73 Å². The minimum absolute atomic E-state index is 0. The van der Waals surface area contributed by atoms with Crippen molar-refractivity contribution in [2.75, 3.05) is 5.73 Å². The molecular weight excluding hydrogens is 176 g/mol. The molecule has 7 heavy (non-hydrogen) atoms. The maximum Gasteiger partial charge on any atom is 0.0636 e. The van der Waals surface area contributed by atoms with Crippen LogP contribution in [-0.4, -0.2) is 4.37 Å². The van der Waals surface area contributed by atoms with Gasteiger partial charge in [-0.3, -0.25) is 0 Å². The lowest BCUT2D eigenvalue weighted by molar-refractivity contribution is 1.58. The Bertz CT molecular complexity index is 116. The van der Waals surface area contributed by atoms with E-state index < -0.39 is 0 Å². The Balaban J connectivity index is 0.000000360. The van der Waals surface area contributed by atoms with Gasteiger partial charge in [0.25, 0.3) is 0 Å². The fourth-order valence-electron chi connectivity index (χ4n) is 0.213. The van der Waals surface area contributed by atoms with E-state index >= 15 is 0 Å². The first-order valence-corrected chi connectivity index (χ1v) is 2.38. The van der Waals surface area contributed by atoms with E-state index in [0.717, 1.165) is 5.69 Å². The standard InChI is InChI=1S/C3H4N2S.BrH/c4-3-1-5-6-2-3;/h1-2H,4H2;1H. The van der Waals surface area contributed by atoms with Crippen molar-refractivity contribution in [1.82, 2.24) is 4.37 Å². The first-order chi connectivity index (χ1) is 2.89. The Morgan fingerprint density at radius 1 is 1.71 bits per heavy atom. The summed E-state index contributed by atoms with van der Waals surface area (Å²) in [4.78, 5) is 0. The molecule has 0 aliphatic rings. The van der Waals surface area contributed by atoms with Gasteiger partial charge in [0.2, 0.25) is 0 Å². The van der Waals surface area contributed by atoms with Crippen molar-refractivity contribution in [3.8, 4) is 0 Å². The van der Waals surface area contributed by atoms with Gasteiger partial charge in [-0.1, -0.05) is 0 Å². The molecule has 2 nitrogen and oxygen atoms in total. The second kappa shape index (κ2) is 2.98. The third-order valence-corrected chi connectivity index (χ3v) is 1.06. The lowest BCUT2D eigenvalue weighted by Gasteiger charge is -1.66. The van der Waals surface area contributed by atoms with E-state index in [1.54, 1.807) is 11.6 Å². The van der Waals surface area contributed by atoms with Crippen molar-refractivity contribution in [3.05, 3.63) is 11.6 Å². The van der Waals surface area contributed by atoms with Crippen LogP contribution in [0.5, 0.6) is 0 Å². The quantitative estimate of drug-likeness (QED) is 0.655. The molecule has 4 heteroatoms. The second-order valence-corrected chi connectivity index (χ2v) is 1.62. The van der Waals surface area contributed by atoms with E-state index in [-0.39, 0.29) is 17.0 Å². The monoisotopic (exact) mass is 180 g/mol. The molecule has 0 radical (unpaired) electrons. The van der Waals surface area contributed by atoms with Crippen LogP contribution in [0.3, 0.4) is 0 Å². The molecule has 0 atom stereocenters. The number of nitrogens with zero attached hydrogens (tertiary/aromatic N) is 1. The van der Waals surface area contributed by atoms with Gasteiger partial charge in [0.1, 0.15) is 0 Å². The van der Waals surface area contributed by atoms with Gasteiger partial charge in [0.05, 0.1) is 11.9 Å². The number of aromatic nitrogens is 1. The van der Waals surface area contributed by atoms with E-state index in [1.807, 2.05) is 0 Å². The van der Waals surface area contributed by atoms with Gasteiger partial charge in [-0.2, -0.15) is 4.37 Å². The molecule has 0 aliphatic carbocycles. The molecule has 0 unspecified atom stereocenters. The number of hydrogen-bond donors (Lipinski definition) is 1. The van der Waals surface area contributed by atoms with Crippen molar-refractivity contribution in [1.29, 1.82) is 0 Å². The molecule has 1 heterocycles. The van der Waals surface area contributed by atoms with Crippen LogP contribution in [-0.2, 0) is 0 Å². The third-order valence-electron chi connectivity index (χ3n) is 0.451. The maximum atomic E-state index is 5.23. The van der Waals surface area contributed by atoms with Crippen LogP contribution in [0.15, 0.2) is 11.6 Å². The van der Waals surface area contributed by atoms with Crippen LogP contribution in [0.25, 0.3) is 0 Å². The number of halogens is 1. The number of rotatable bonds is 0. The smallest absolute Gasteiger partial charge is 0.0636 e. The number of nitrogen functional groups attached to an aromatic ring is 1. The fourth-order valence-corrected chi connectivity index (χ4v) is 0.639. The van der Waals surface area contributed by atoms with Gasteiger partial charge in [-0.25, -0.2) is 0 Å². The molecule has 0 fully saturated rings. The maximum absolute atomic E-state index is 5.23. The zero-order valence-corrected chi connectivity index (χ0v) is 6.03. The summed E-state index contributed by atoms with van der Waals surface area (Å²) < 4.78 is 3.74. The van der Waals surface area contributed by atoms with Crippen LogP contribution in [0.4, 0.5) is 5.69 Å².